The smallest absolute Gasteiger partial charge is 0.179 e. The Bertz CT molecular complexity index is 700. The molecule has 0 radical (unpaired) electrons. The van der Waals surface area contributed by atoms with Crippen molar-refractivity contribution in [2.75, 3.05) is 0 Å². The lowest BCUT2D eigenvalue weighted by atomic mass is 10.4. The first kappa shape index (κ1) is 10.1. The Morgan fingerprint density at radius 2 is 2.12 bits per heavy atom. The van der Waals surface area contributed by atoms with E-state index >= 15 is 0 Å². The van der Waals surface area contributed by atoms with Crippen molar-refractivity contribution in [3.63, 3.8) is 0 Å². The van der Waals surface area contributed by atoms with Gasteiger partial charge in [0.15, 0.2) is 10.4 Å². The van der Waals surface area contributed by atoms with E-state index < -0.39 is 0 Å². The summed E-state index contributed by atoms with van der Waals surface area (Å²) in [4.78, 5) is 7.43. The summed E-state index contributed by atoms with van der Waals surface area (Å²) in [5, 5.41) is 7.89. The molecule has 0 spiro atoms. The van der Waals surface area contributed by atoms with Crippen LogP contribution in [-0.4, -0.2) is 24.7 Å². The average molecular weight is 243 g/mol. The van der Waals surface area contributed by atoms with Crippen molar-refractivity contribution in [2.24, 2.45) is 0 Å². The van der Waals surface area contributed by atoms with Gasteiger partial charge in [-0.3, -0.25) is 4.57 Å². The molecule has 0 amide bonds. The summed E-state index contributed by atoms with van der Waals surface area (Å²) in [6.45, 7) is 0.573. The van der Waals surface area contributed by atoms with E-state index in [-0.39, 0.29) is 0 Å². The lowest BCUT2D eigenvalue weighted by molar-refractivity contribution is 0.756. The maximum atomic E-state index is 5.27. The van der Waals surface area contributed by atoms with Crippen molar-refractivity contribution >= 4 is 23.4 Å². The number of aromatic nitrogens is 5. The highest BCUT2D eigenvalue weighted by Gasteiger charge is 2.05. The molecule has 0 aliphatic carbocycles. The minimum atomic E-state index is 0.573. The molecule has 17 heavy (non-hydrogen) atoms. The summed E-state index contributed by atoms with van der Waals surface area (Å²) >= 11 is 5.27. The third-order valence-corrected chi connectivity index (χ3v) is 2.80. The Morgan fingerprint density at radius 1 is 1.24 bits per heavy atom. The summed E-state index contributed by atoms with van der Waals surface area (Å²) in [7, 11) is 0. The number of nitrogens with zero attached hydrogens (tertiary/aromatic N) is 4. The number of hydrogen-bond donors (Lipinski definition) is 1. The molecule has 0 unspecified atom stereocenters. The van der Waals surface area contributed by atoms with E-state index in [2.05, 4.69) is 20.2 Å². The molecule has 84 valence electrons. The van der Waals surface area contributed by atoms with Gasteiger partial charge in [-0.1, -0.05) is 0 Å². The molecule has 5 nitrogen and oxygen atoms in total. The second-order valence-electron chi connectivity index (χ2n) is 3.61. The number of pyridine rings is 1. The molecule has 6 heteroatoms. The average Bonchev–Trinajstić information content (AvgIpc) is 2.68. The van der Waals surface area contributed by atoms with E-state index in [9.17, 15) is 0 Å². The first-order chi connectivity index (χ1) is 8.34. The molecular formula is C11H9N5S. The second-order valence-corrected chi connectivity index (χ2v) is 3.99. The van der Waals surface area contributed by atoms with Gasteiger partial charge in [0.05, 0.1) is 17.8 Å². The zero-order valence-electron chi connectivity index (χ0n) is 8.87. The quantitative estimate of drug-likeness (QED) is 0.699. The van der Waals surface area contributed by atoms with Gasteiger partial charge >= 0.3 is 0 Å². The first-order valence-electron chi connectivity index (χ1n) is 5.15. The second kappa shape index (κ2) is 4.06. The van der Waals surface area contributed by atoms with Crippen LogP contribution in [0.4, 0.5) is 0 Å². The summed E-state index contributed by atoms with van der Waals surface area (Å²) in [6.07, 6.45) is 3.40. The molecule has 0 fully saturated rings. The van der Waals surface area contributed by atoms with E-state index in [4.69, 9.17) is 12.2 Å². The minimum Gasteiger partial charge on any atom is -0.329 e. The van der Waals surface area contributed by atoms with Gasteiger partial charge in [0.25, 0.3) is 0 Å². The zero-order chi connectivity index (χ0) is 11.7. The minimum absolute atomic E-state index is 0.573. The molecule has 0 aliphatic heterocycles. The van der Waals surface area contributed by atoms with Crippen molar-refractivity contribution in [2.45, 2.75) is 6.54 Å². The fourth-order valence-electron chi connectivity index (χ4n) is 1.71. The van der Waals surface area contributed by atoms with Crippen molar-refractivity contribution < 1.29 is 0 Å². The SMILES string of the molecule is S=c1[nH]c2cccnc2n1Cc1cccnn1. The fourth-order valence-corrected chi connectivity index (χ4v) is 1.98. The molecule has 3 aromatic heterocycles. The molecular weight excluding hydrogens is 234 g/mol. The Hall–Kier alpha value is -2.08. The lowest BCUT2D eigenvalue weighted by Crippen LogP contribution is -2.03. The number of rotatable bonds is 2. The molecule has 3 aromatic rings. The largest absolute Gasteiger partial charge is 0.329 e. The number of nitrogens with one attached hydrogen (secondary N) is 1. The molecule has 0 aliphatic rings. The van der Waals surface area contributed by atoms with Crippen molar-refractivity contribution in [3.8, 4) is 0 Å². The van der Waals surface area contributed by atoms with E-state index in [1.807, 2.05) is 28.8 Å². The van der Waals surface area contributed by atoms with Crippen LogP contribution in [-0.2, 0) is 6.54 Å². The van der Waals surface area contributed by atoms with Gasteiger partial charge in [-0.05, 0) is 36.5 Å². The summed E-state index contributed by atoms with van der Waals surface area (Å²) in [6, 6.07) is 7.59. The summed E-state index contributed by atoms with van der Waals surface area (Å²) < 4.78 is 2.55. The highest BCUT2D eigenvalue weighted by molar-refractivity contribution is 7.71. The Balaban J connectivity index is 2.12. The molecule has 0 saturated carbocycles. The van der Waals surface area contributed by atoms with Crippen LogP contribution in [0.3, 0.4) is 0 Å². The molecule has 0 atom stereocenters. The standard InChI is InChI=1S/C11H9N5S/c17-11-14-9-4-2-5-12-10(9)16(11)7-8-3-1-6-13-15-8/h1-6H,7H2,(H,14,17). The monoisotopic (exact) mass is 243 g/mol. The lowest BCUT2D eigenvalue weighted by Gasteiger charge is -2.01. The Kier molecular flexibility index (Phi) is 2.41. The number of fused-ring (bicyclic) bond motifs is 1. The first-order valence-corrected chi connectivity index (χ1v) is 5.55. The highest BCUT2D eigenvalue weighted by Crippen LogP contribution is 2.11. The van der Waals surface area contributed by atoms with Gasteiger partial charge in [0.2, 0.25) is 0 Å². The van der Waals surface area contributed by atoms with Crippen LogP contribution in [0.5, 0.6) is 0 Å². The number of aromatic amines is 1. The van der Waals surface area contributed by atoms with Gasteiger partial charge in [-0.15, -0.1) is 0 Å². The van der Waals surface area contributed by atoms with Crippen LogP contribution in [0.25, 0.3) is 11.2 Å². The van der Waals surface area contributed by atoms with Crippen LogP contribution in [0.15, 0.2) is 36.7 Å². The molecule has 0 saturated heterocycles. The third kappa shape index (κ3) is 1.83. The van der Waals surface area contributed by atoms with E-state index in [0.29, 0.717) is 11.3 Å². The van der Waals surface area contributed by atoms with Gasteiger partial charge in [-0.25, -0.2) is 4.98 Å². The highest BCUT2D eigenvalue weighted by atomic mass is 32.1. The zero-order valence-corrected chi connectivity index (χ0v) is 9.68. The number of imidazole rings is 1. The normalized spacial score (nSPS) is 10.8. The maximum Gasteiger partial charge on any atom is 0.179 e. The van der Waals surface area contributed by atoms with Crippen LogP contribution in [0.2, 0.25) is 0 Å². The number of hydrogen-bond acceptors (Lipinski definition) is 4. The van der Waals surface area contributed by atoms with E-state index in [1.54, 1.807) is 12.4 Å². The van der Waals surface area contributed by atoms with Gasteiger partial charge in [-0.2, -0.15) is 10.2 Å². The topological polar surface area (TPSA) is 59.4 Å². The van der Waals surface area contributed by atoms with Crippen LogP contribution < -0.4 is 0 Å². The molecule has 3 heterocycles. The predicted molar refractivity (Wildman–Crippen MR) is 66.1 cm³/mol. The summed E-state index contributed by atoms with van der Waals surface area (Å²) in [5.41, 5.74) is 2.62. The molecule has 0 bridgehead atoms. The Morgan fingerprint density at radius 3 is 2.94 bits per heavy atom. The van der Waals surface area contributed by atoms with Gasteiger partial charge < -0.3 is 4.98 Å². The van der Waals surface area contributed by atoms with Crippen molar-refractivity contribution in [1.82, 2.24) is 24.7 Å². The van der Waals surface area contributed by atoms with Gasteiger partial charge in [0, 0.05) is 12.4 Å². The Labute approximate surface area is 102 Å². The number of H-pyrrole nitrogens is 1. The predicted octanol–water partition coefficient (Wildman–Crippen LogP) is 1.93. The van der Waals surface area contributed by atoms with Crippen molar-refractivity contribution in [1.29, 1.82) is 0 Å². The van der Waals surface area contributed by atoms with Crippen LogP contribution >= 0.6 is 12.2 Å². The van der Waals surface area contributed by atoms with E-state index in [0.717, 1.165) is 16.9 Å². The van der Waals surface area contributed by atoms with Crippen LogP contribution in [0.1, 0.15) is 5.69 Å². The van der Waals surface area contributed by atoms with Gasteiger partial charge in [0.1, 0.15) is 0 Å². The summed E-state index contributed by atoms with van der Waals surface area (Å²) in [5.74, 6) is 0. The fraction of sp³-hybridized carbons (Fsp3) is 0.0909. The van der Waals surface area contributed by atoms with Crippen LogP contribution in [0, 0.1) is 4.77 Å². The molecule has 0 aromatic carbocycles. The molecule has 3 rings (SSSR count). The third-order valence-electron chi connectivity index (χ3n) is 2.48. The van der Waals surface area contributed by atoms with Crippen molar-refractivity contribution in [3.05, 3.63) is 47.1 Å². The van der Waals surface area contributed by atoms with E-state index in [1.165, 1.54) is 0 Å². The molecule has 1 N–H and O–H groups in total. The maximum absolute atomic E-state index is 5.27.